The van der Waals surface area contributed by atoms with Gasteiger partial charge in [0, 0.05) is 50.6 Å². The Morgan fingerprint density at radius 3 is 2.26 bits per heavy atom. The van der Waals surface area contributed by atoms with Gasteiger partial charge in [-0.1, -0.05) is 48.5 Å². The lowest BCUT2D eigenvalue weighted by molar-refractivity contribution is 0.0753. The first-order valence-electron chi connectivity index (χ1n) is 11.5. The second-order valence-corrected chi connectivity index (χ2v) is 9.87. The van der Waals surface area contributed by atoms with Crippen LogP contribution in [0.25, 0.3) is 0 Å². The van der Waals surface area contributed by atoms with E-state index in [9.17, 15) is 13.2 Å². The molecule has 3 aromatic rings. The number of piperazine rings is 1. The Kier molecular flexibility index (Phi) is 7.49. The molecule has 2 N–H and O–H groups in total. The first kappa shape index (κ1) is 23.8. The van der Waals surface area contributed by atoms with Gasteiger partial charge < -0.3 is 15.1 Å². The zero-order valence-corrected chi connectivity index (χ0v) is 20.1. The maximum Gasteiger partial charge on any atom is 0.261 e. The van der Waals surface area contributed by atoms with Crippen LogP contribution in [0.1, 0.15) is 22.8 Å². The van der Waals surface area contributed by atoms with Crippen LogP contribution >= 0.6 is 0 Å². The van der Waals surface area contributed by atoms with Crippen LogP contribution in [-0.4, -0.2) is 51.9 Å². The summed E-state index contributed by atoms with van der Waals surface area (Å²) in [7, 11) is -3.77. The third kappa shape index (κ3) is 5.58. The summed E-state index contributed by atoms with van der Waals surface area (Å²) in [5, 5.41) is 3.33. The van der Waals surface area contributed by atoms with Gasteiger partial charge in [-0.05, 0) is 42.8 Å². The Labute approximate surface area is 201 Å². The third-order valence-electron chi connectivity index (χ3n) is 5.88. The van der Waals surface area contributed by atoms with Crippen molar-refractivity contribution < 1.29 is 13.2 Å². The summed E-state index contributed by atoms with van der Waals surface area (Å²) >= 11 is 0. The van der Waals surface area contributed by atoms with Crippen molar-refractivity contribution in [2.24, 2.45) is 0 Å². The number of hydrogen-bond acceptors (Lipinski definition) is 5. The van der Waals surface area contributed by atoms with E-state index in [1.807, 2.05) is 43.3 Å². The molecule has 1 aliphatic rings. The van der Waals surface area contributed by atoms with E-state index >= 15 is 0 Å². The number of benzene rings is 3. The number of hydrogen-bond donors (Lipinski definition) is 2. The number of rotatable bonds is 8. The number of sulfonamides is 1. The third-order valence-corrected chi connectivity index (χ3v) is 7.27. The van der Waals surface area contributed by atoms with Crippen molar-refractivity contribution in [3.63, 3.8) is 0 Å². The predicted octanol–water partition coefficient (Wildman–Crippen LogP) is 3.56. The van der Waals surface area contributed by atoms with E-state index in [0.717, 1.165) is 37.4 Å². The second-order valence-electron chi connectivity index (χ2n) is 8.19. The summed E-state index contributed by atoms with van der Waals surface area (Å²) in [6.45, 7) is 6.19. The Hall–Kier alpha value is -3.36. The minimum atomic E-state index is -3.77. The van der Waals surface area contributed by atoms with Gasteiger partial charge in [-0.2, -0.15) is 0 Å². The summed E-state index contributed by atoms with van der Waals surface area (Å²) in [4.78, 5) is 17.9. The fourth-order valence-electron chi connectivity index (χ4n) is 4.07. The van der Waals surface area contributed by atoms with Gasteiger partial charge in [0.25, 0.3) is 15.9 Å². The van der Waals surface area contributed by atoms with Crippen molar-refractivity contribution in [3.05, 3.63) is 90.0 Å². The average molecular weight is 479 g/mol. The van der Waals surface area contributed by atoms with E-state index in [0.29, 0.717) is 24.3 Å². The molecule has 1 heterocycles. The highest BCUT2D eigenvalue weighted by molar-refractivity contribution is 7.92. The molecule has 1 amide bonds. The highest BCUT2D eigenvalue weighted by Crippen LogP contribution is 2.28. The van der Waals surface area contributed by atoms with Crippen LogP contribution < -0.4 is 14.9 Å². The monoisotopic (exact) mass is 478 g/mol. The number of nitrogens with one attached hydrogen (secondary N) is 2. The van der Waals surface area contributed by atoms with Crippen LogP contribution in [0.4, 0.5) is 11.4 Å². The van der Waals surface area contributed by atoms with Crippen molar-refractivity contribution in [2.75, 3.05) is 42.3 Å². The van der Waals surface area contributed by atoms with E-state index in [4.69, 9.17) is 0 Å². The average Bonchev–Trinajstić information content (AvgIpc) is 2.88. The number of nitrogens with zero attached hydrogens (tertiary/aromatic N) is 2. The maximum atomic E-state index is 13.7. The van der Waals surface area contributed by atoms with Gasteiger partial charge in [0.2, 0.25) is 0 Å². The van der Waals surface area contributed by atoms with Crippen molar-refractivity contribution in [1.82, 2.24) is 10.2 Å². The highest BCUT2D eigenvalue weighted by Gasteiger charge is 2.24. The van der Waals surface area contributed by atoms with Gasteiger partial charge >= 0.3 is 0 Å². The van der Waals surface area contributed by atoms with Crippen LogP contribution in [0, 0.1) is 0 Å². The van der Waals surface area contributed by atoms with E-state index in [2.05, 4.69) is 14.9 Å². The molecule has 0 aromatic heterocycles. The smallest absolute Gasteiger partial charge is 0.261 e. The predicted molar refractivity (Wildman–Crippen MR) is 136 cm³/mol. The molecular weight excluding hydrogens is 448 g/mol. The second kappa shape index (κ2) is 10.7. The molecule has 34 heavy (non-hydrogen) atoms. The zero-order valence-electron chi connectivity index (χ0n) is 19.3. The molecule has 0 aliphatic carbocycles. The van der Waals surface area contributed by atoms with Crippen molar-refractivity contribution >= 4 is 27.3 Å². The molecule has 0 unspecified atom stereocenters. The van der Waals surface area contributed by atoms with E-state index in [-0.39, 0.29) is 10.8 Å². The molecule has 1 saturated heterocycles. The van der Waals surface area contributed by atoms with Gasteiger partial charge in [-0.3, -0.25) is 9.52 Å². The zero-order chi connectivity index (χ0) is 24.0. The number of anilines is 2. The van der Waals surface area contributed by atoms with E-state index in [1.165, 1.54) is 0 Å². The van der Waals surface area contributed by atoms with Gasteiger partial charge in [-0.25, -0.2) is 8.42 Å². The lowest BCUT2D eigenvalue weighted by atomic mass is 10.1. The van der Waals surface area contributed by atoms with Crippen LogP contribution in [-0.2, 0) is 16.6 Å². The Morgan fingerprint density at radius 1 is 0.971 bits per heavy atom. The van der Waals surface area contributed by atoms with Crippen LogP contribution in [0.5, 0.6) is 0 Å². The van der Waals surface area contributed by atoms with Gasteiger partial charge in [0.15, 0.2) is 0 Å². The van der Waals surface area contributed by atoms with Crippen LogP contribution in [0.3, 0.4) is 0 Å². The maximum absolute atomic E-state index is 13.7. The van der Waals surface area contributed by atoms with Crippen molar-refractivity contribution in [2.45, 2.75) is 18.4 Å². The molecule has 7 nitrogen and oxygen atoms in total. The molecule has 1 aliphatic heterocycles. The molecule has 0 atom stereocenters. The number of carbonyl (C=O) groups excluding carboxylic acids is 1. The SMILES string of the molecule is CCN(Cc1ccccc1)C(=O)c1cc(NS(=O)(=O)c2ccccc2)ccc1N1CCNCC1. The molecule has 3 aromatic carbocycles. The topological polar surface area (TPSA) is 81.8 Å². The summed E-state index contributed by atoms with van der Waals surface area (Å²) in [5.74, 6) is -0.124. The van der Waals surface area contributed by atoms with Crippen molar-refractivity contribution in [1.29, 1.82) is 0 Å². The minimum absolute atomic E-state index is 0.124. The fraction of sp³-hybridized carbons (Fsp3) is 0.269. The summed E-state index contributed by atoms with van der Waals surface area (Å²) in [6, 6.07) is 23.3. The molecular formula is C26H30N4O3S. The molecule has 0 radical (unpaired) electrons. The Morgan fingerprint density at radius 2 is 1.62 bits per heavy atom. The van der Waals surface area contributed by atoms with E-state index < -0.39 is 10.0 Å². The molecule has 0 bridgehead atoms. The summed E-state index contributed by atoms with van der Waals surface area (Å²) < 4.78 is 28.4. The highest BCUT2D eigenvalue weighted by atomic mass is 32.2. The van der Waals surface area contributed by atoms with Gasteiger partial charge in [0.05, 0.1) is 10.5 Å². The Balaban J connectivity index is 1.68. The van der Waals surface area contributed by atoms with Crippen LogP contribution in [0.2, 0.25) is 0 Å². The normalized spacial score (nSPS) is 14.0. The first-order valence-corrected chi connectivity index (χ1v) is 13.0. The minimum Gasteiger partial charge on any atom is -0.368 e. The van der Waals surface area contributed by atoms with Gasteiger partial charge in [0.1, 0.15) is 0 Å². The molecule has 0 spiro atoms. The van der Waals surface area contributed by atoms with Gasteiger partial charge in [-0.15, -0.1) is 0 Å². The van der Waals surface area contributed by atoms with Crippen molar-refractivity contribution in [3.8, 4) is 0 Å². The Bertz CT molecular complexity index is 1210. The molecule has 1 fully saturated rings. The molecule has 0 saturated carbocycles. The summed E-state index contributed by atoms with van der Waals surface area (Å²) in [6.07, 6.45) is 0. The first-order chi connectivity index (χ1) is 16.5. The van der Waals surface area contributed by atoms with Crippen LogP contribution in [0.15, 0.2) is 83.8 Å². The lowest BCUT2D eigenvalue weighted by Gasteiger charge is -2.32. The molecule has 8 heteroatoms. The molecule has 4 rings (SSSR count). The summed E-state index contributed by atoms with van der Waals surface area (Å²) in [5.41, 5.74) is 2.72. The van der Waals surface area contributed by atoms with E-state index in [1.54, 1.807) is 47.4 Å². The largest absolute Gasteiger partial charge is 0.368 e. The number of amides is 1. The number of carbonyl (C=O) groups is 1. The molecule has 178 valence electrons. The quantitative estimate of drug-likeness (QED) is 0.517. The lowest BCUT2D eigenvalue weighted by Crippen LogP contribution is -2.44. The standard InChI is InChI=1S/C26H30N4O3S/c1-2-29(20-21-9-5-3-6-10-21)26(31)24-19-22(13-14-25(24)30-17-15-27-16-18-30)28-34(32,33)23-11-7-4-8-12-23/h3-14,19,27-28H,2,15-18,20H2,1H3. The fourth-order valence-corrected chi connectivity index (χ4v) is 5.14.